The van der Waals surface area contributed by atoms with Crippen molar-refractivity contribution in [3.63, 3.8) is 0 Å². The normalized spacial score (nSPS) is 16.5. The topological polar surface area (TPSA) is 67.9 Å². The Morgan fingerprint density at radius 2 is 2.30 bits per heavy atom. The van der Waals surface area contributed by atoms with Crippen LogP contribution in [0.3, 0.4) is 0 Å². The molecule has 1 amide bonds. The van der Waals surface area contributed by atoms with Crippen LogP contribution in [0.25, 0.3) is 0 Å². The minimum Gasteiger partial charge on any atom is -0.459 e. The molecule has 6 nitrogen and oxygen atoms in total. The number of hydrogen-bond donors (Lipinski definition) is 0. The summed E-state index contributed by atoms with van der Waals surface area (Å²) in [6, 6.07) is 8.98. The molecule has 0 spiro atoms. The van der Waals surface area contributed by atoms with E-state index in [0.717, 1.165) is 11.4 Å². The first kappa shape index (κ1) is 15.0. The fourth-order valence-electron chi connectivity index (χ4n) is 2.41. The molecule has 23 heavy (non-hydrogen) atoms. The van der Waals surface area contributed by atoms with Crippen molar-refractivity contribution >= 4 is 11.6 Å². The van der Waals surface area contributed by atoms with E-state index in [-0.39, 0.29) is 12.0 Å². The molecule has 3 heterocycles. The van der Waals surface area contributed by atoms with E-state index in [2.05, 4.69) is 16.7 Å². The van der Waals surface area contributed by atoms with E-state index in [1.165, 1.54) is 6.26 Å². The van der Waals surface area contributed by atoms with Gasteiger partial charge in [-0.15, -0.1) is 6.58 Å². The van der Waals surface area contributed by atoms with Gasteiger partial charge in [-0.2, -0.15) is 0 Å². The van der Waals surface area contributed by atoms with Gasteiger partial charge in [0.2, 0.25) is 0 Å². The fraction of sp³-hybridized carbons (Fsp3) is 0.235. The predicted molar refractivity (Wildman–Crippen MR) is 85.1 cm³/mol. The maximum absolute atomic E-state index is 12.4. The number of furan rings is 1. The van der Waals surface area contributed by atoms with Gasteiger partial charge in [-0.1, -0.05) is 17.3 Å². The maximum atomic E-state index is 12.4. The summed E-state index contributed by atoms with van der Waals surface area (Å²) in [6.45, 7) is 4.52. The van der Waals surface area contributed by atoms with Crippen LogP contribution in [0.4, 0.5) is 0 Å². The molecular weight excluding hydrogens is 294 g/mol. The summed E-state index contributed by atoms with van der Waals surface area (Å²) in [5.41, 5.74) is 1.59. The summed E-state index contributed by atoms with van der Waals surface area (Å²) < 4.78 is 5.17. The average Bonchev–Trinajstić information content (AvgIpc) is 3.26. The number of oxime groups is 1. The standard InChI is InChI=1S/C17H17N3O3/c1-2-9-20(17(21)16-7-5-10-22-16)12-13-11-15(19-23-13)14-6-3-4-8-18-14/h2-8,10,13H,1,9,11-12H2/t13-/m1/s1. The van der Waals surface area contributed by atoms with E-state index in [1.807, 2.05) is 18.2 Å². The van der Waals surface area contributed by atoms with Gasteiger partial charge in [0, 0.05) is 19.2 Å². The van der Waals surface area contributed by atoms with Gasteiger partial charge in [-0.3, -0.25) is 9.78 Å². The molecule has 0 saturated heterocycles. The highest BCUT2D eigenvalue weighted by Gasteiger charge is 2.27. The number of carbonyl (C=O) groups excluding carboxylic acids is 1. The molecule has 1 aliphatic heterocycles. The molecule has 0 radical (unpaired) electrons. The van der Waals surface area contributed by atoms with Crippen LogP contribution in [0, 0.1) is 0 Å². The van der Waals surface area contributed by atoms with E-state index in [9.17, 15) is 4.79 Å². The molecule has 1 aliphatic rings. The van der Waals surface area contributed by atoms with Crippen molar-refractivity contribution in [3.05, 3.63) is 66.9 Å². The Balaban J connectivity index is 1.64. The van der Waals surface area contributed by atoms with Gasteiger partial charge < -0.3 is 14.2 Å². The van der Waals surface area contributed by atoms with Crippen LogP contribution in [0.1, 0.15) is 22.7 Å². The number of amides is 1. The van der Waals surface area contributed by atoms with Gasteiger partial charge in [0.25, 0.3) is 5.91 Å². The van der Waals surface area contributed by atoms with Crippen LogP contribution < -0.4 is 0 Å². The van der Waals surface area contributed by atoms with Crippen LogP contribution in [0.5, 0.6) is 0 Å². The van der Waals surface area contributed by atoms with Crippen molar-refractivity contribution in [2.75, 3.05) is 13.1 Å². The first-order valence-electron chi connectivity index (χ1n) is 7.35. The number of rotatable bonds is 6. The Hall–Kier alpha value is -2.89. The molecule has 2 aromatic heterocycles. The summed E-state index contributed by atoms with van der Waals surface area (Å²) in [7, 11) is 0. The van der Waals surface area contributed by atoms with Crippen LogP contribution in [-0.4, -0.2) is 40.7 Å². The van der Waals surface area contributed by atoms with Crippen molar-refractivity contribution in [1.29, 1.82) is 0 Å². The molecule has 0 fully saturated rings. The van der Waals surface area contributed by atoms with E-state index >= 15 is 0 Å². The lowest BCUT2D eigenvalue weighted by Crippen LogP contribution is -2.37. The lowest BCUT2D eigenvalue weighted by atomic mass is 10.1. The summed E-state index contributed by atoms with van der Waals surface area (Å²) in [5, 5.41) is 4.09. The molecule has 3 rings (SSSR count). The zero-order valence-electron chi connectivity index (χ0n) is 12.6. The predicted octanol–water partition coefficient (Wildman–Crippen LogP) is 2.50. The third kappa shape index (κ3) is 3.48. The van der Waals surface area contributed by atoms with Gasteiger partial charge in [0.05, 0.1) is 18.5 Å². The van der Waals surface area contributed by atoms with Crippen LogP contribution in [-0.2, 0) is 4.84 Å². The number of aromatic nitrogens is 1. The second-order valence-corrected chi connectivity index (χ2v) is 5.16. The molecular formula is C17H17N3O3. The summed E-state index contributed by atoms with van der Waals surface area (Å²) >= 11 is 0. The Bertz CT molecular complexity index is 695. The number of nitrogens with zero attached hydrogens (tertiary/aromatic N) is 3. The first-order chi connectivity index (χ1) is 11.3. The molecule has 0 unspecified atom stereocenters. The van der Waals surface area contributed by atoms with Gasteiger partial charge in [-0.25, -0.2) is 0 Å². The minimum absolute atomic E-state index is 0.190. The first-order valence-corrected chi connectivity index (χ1v) is 7.35. The SMILES string of the molecule is C=CCN(C[C@H]1CC(c2ccccn2)=NO1)C(=O)c1ccco1. The molecule has 118 valence electrons. The van der Waals surface area contributed by atoms with Crippen molar-refractivity contribution < 1.29 is 14.0 Å². The largest absolute Gasteiger partial charge is 0.459 e. The highest BCUT2D eigenvalue weighted by Crippen LogP contribution is 2.17. The second-order valence-electron chi connectivity index (χ2n) is 5.16. The minimum atomic E-state index is -0.203. The Morgan fingerprint density at radius 3 is 3.00 bits per heavy atom. The van der Waals surface area contributed by atoms with E-state index in [0.29, 0.717) is 25.3 Å². The zero-order chi connectivity index (χ0) is 16.1. The molecule has 0 aromatic carbocycles. The van der Waals surface area contributed by atoms with Crippen LogP contribution in [0.15, 0.2) is 65.0 Å². The number of hydrogen-bond acceptors (Lipinski definition) is 5. The lowest BCUT2D eigenvalue weighted by molar-refractivity contribution is 0.0432. The maximum Gasteiger partial charge on any atom is 0.289 e. The van der Waals surface area contributed by atoms with Crippen molar-refractivity contribution in [2.45, 2.75) is 12.5 Å². The molecule has 0 N–H and O–H groups in total. The molecule has 0 aliphatic carbocycles. The summed E-state index contributed by atoms with van der Waals surface area (Å²) in [6.07, 6.45) is 5.28. The molecule has 1 atom stereocenters. The molecule has 2 aromatic rings. The van der Waals surface area contributed by atoms with Crippen molar-refractivity contribution in [1.82, 2.24) is 9.88 Å². The Morgan fingerprint density at radius 1 is 1.39 bits per heavy atom. The highest BCUT2D eigenvalue weighted by atomic mass is 16.6. The quantitative estimate of drug-likeness (QED) is 0.769. The van der Waals surface area contributed by atoms with E-state index in [4.69, 9.17) is 9.25 Å². The highest BCUT2D eigenvalue weighted by molar-refractivity contribution is 5.99. The third-order valence-corrected chi connectivity index (χ3v) is 3.49. The van der Waals surface area contributed by atoms with Crippen molar-refractivity contribution in [3.8, 4) is 0 Å². The van der Waals surface area contributed by atoms with Gasteiger partial charge in [-0.05, 0) is 24.3 Å². The van der Waals surface area contributed by atoms with Gasteiger partial charge in [0.1, 0.15) is 5.71 Å². The second kappa shape index (κ2) is 6.91. The average molecular weight is 311 g/mol. The third-order valence-electron chi connectivity index (χ3n) is 3.49. The number of carbonyl (C=O) groups is 1. The van der Waals surface area contributed by atoms with Crippen LogP contribution in [0.2, 0.25) is 0 Å². The molecule has 6 heteroatoms. The molecule has 0 bridgehead atoms. The number of pyridine rings is 1. The molecule has 0 saturated carbocycles. The summed E-state index contributed by atoms with van der Waals surface area (Å²) in [4.78, 5) is 23.8. The Kier molecular flexibility index (Phi) is 4.52. The van der Waals surface area contributed by atoms with Crippen LogP contribution >= 0.6 is 0 Å². The van der Waals surface area contributed by atoms with E-state index in [1.54, 1.807) is 29.3 Å². The zero-order valence-corrected chi connectivity index (χ0v) is 12.6. The Labute approximate surface area is 134 Å². The lowest BCUT2D eigenvalue weighted by Gasteiger charge is -2.22. The van der Waals surface area contributed by atoms with Crippen molar-refractivity contribution in [2.24, 2.45) is 5.16 Å². The monoisotopic (exact) mass is 311 g/mol. The summed E-state index contributed by atoms with van der Waals surface area (Å²) in [5.74, 6) is 0.112. The van der Waals surface area contributed by atoms with Gasteiger partial charge >= 0.3 is 0 Å². The fourth-order valence-corrected chi connectivity index (χ4v) is 2.41. The van der Waals surface area contributed by atoms with Gasteiger partial charge in [0.15, 0.2) is 11.9 Å². The smallest absolute Gasteiger partial charge is 0.289 e. The van der Waals surface area contributed by atoms with E-state index < -0.39 is 0 Å².